The highest BCUT2D eigenvalue weighted by molar-refractivity contribution is 5.86. The van der Waals surface area contributed by atoms with Gasteiger partial charge >= 0.3 is 0 Å². The number of fused-ring (bicyclic) bond motifs is 3. The van der Waals surface area contributed by atoms with Crippen LogP contribution in [0.3, 0.4) is 0 Å². The first-order valence-corrected chi connectivity index (χ1v) is 14.5. The molecule has 0 heterocycles. The lowest BCUT2D eigenvalue weighted by atomic mass is 9.68. The molecule has 0 atom stereocenters. The Bertz CT molecular complexity index is 1280. The summed E-state index contributed by atoms with van der Waals surface area (Å²) < 4.78 is 17.8. The number of ether oxygens (including phenoxy) is 3. The van der Waals surface area contributed by atoms with Crippen molar-refractivity contribution in [3.63, 3.8) is 0 Å². The summed E-state index contributed by atoms with van der Waals surface area (Å²) >= 11 is 0. The van der Waals surface area contributed by atoms with Gasteiger partial charge in [-0.1, -0.05) is 99.5 Å². The van der Waals surface area contributed by atoms with Crippen molar-refractivity contribution < 1.29 is 14.2 Å². The van der Waals surface area contributed by atoms with E-state index in [1.165, 1.54) is 33.4 Å². The normalized spacial score (nSPS) is 13.1. The zero-order valence-electron chi connectivity index (χ0n) is 23.3. The highest BCUT2D eigenvalue weighted by Gasteiger charge is 2.45. The molecular weight excluding hydrogens is 480 g/mol. The molecule has 0 aromatic heterocycles. The minimum absolute atomic E-state index is 0.416. The average Bonchev–Trinajstić information content (AvgIpc) is 3.29. The second-order valence-electron chi connectivity index (χ2n) is 10.3. The molecule has 4 aromatic rings. The molecule has 202 valence electrons. The third-order valence-corrected chi connectivity index (χ3v) is 7.64. The van der Waals surface area contributed by atoms with E-state index in [4.69, 9.17) is 14.2 Å². The summed E-state index contributed by atoms with van der Waals surface area (Å²) in [5.74, 6) is 1.81. The minimum atomic E-state index is -0.416. The number of hydrogen-bond donors (Lipinski definition) is 0. The Morgan fingerprint density at radius 3 is 1.44 bits per heavy atom. The number of benzene rings is 4. The van der Waals surface area contributed by atoms with Crippen molar-refractivity contribution >= 4 is 0 Å². The lowest BCUT2D eigenvalue weighted by molar-refractivity contribution is 0.117. The van der Waals surface area contributed by atoms with Crippen LogP contribution in [-0.2, 0) is 10.2 Å². The fourth-order valence-corrected chi connectivity index (χ4v) is 5.66. The number of unbranched alkanes of at least 4 members (excludes halogenated alkanes) is 2. The molecule has 5 rings (SSSR count). The number of rotatable bonds is 14. The summed E-state index contributed by atoms with van der Waals surface area (Å²) in [5.41, 5.74) is 7.25. The second kappa shape index (κ2) is 13.0. The van der Waals surface area contributed by atoms with Gasteiger partial charge in [0.1, 0.15) is 11.5 Å². The summed E-state index contributed by atoms with van der Waals surface area (Å²) in [5, 5.41) is 0. The van der Waals surface area contributed by atoms with Crippen molar-refractivity contribution in [3.8, 4) is 22.6 Å². The van der Waals surface area contributed by atoms with E-state index in [2.05, 4.69) is 111 Å². The SMILES string of the molecule is CCCCOCCCOc1ccc(C2(c3ccc(OCCCC)cc3)c3ccccc3-c3ccccc32)cc1. The largest absolute Gasteiger partial charge is 0.494 e. The Balaban J connectivity index is 1.47. The van der Waals surface area contributed by atoms with Crippen LogP contribution >= 0.6 is 0 Å². The van der Waals surface area contributed by atoms with Crippen LogP contribution in [-0.4, -0.2) is 26.4 Å². The van der Waals surface area contributed by atoms with Gasteiger partial charge in [-0.15, -0.1) is 0 Å². The first-order valence-electron chi connectivity index (χ1n) is 14.5. The van der Waals surface area contributed by atoms with E-state index in [0.29, 0.717) is 6.61 Å². The van der Waals surface area contributed by atoms with Crippen molar-refractivity contribution in [2.45, 2.75) is 51.4 Å². The minimum Gasteiger partial charge on any atom is -0.494 e. The molecular formula is C36H40O3. The molecule has 1 aliphatic rings. The van der Waals surface area contributed by atoms with Crippen LogP contribution in [0.4, 0.5) is 0 Å². The molecule has 0 fully saturated rings. The first kappa shape index (κ1) is 27.0. The molecule has 0 N–H and O–H groups in total. The third-order valence-electron chi connectivity index (χ3n) is 7.64. The van der Waals surface area contributed by atoms with Gasteiger partial charge in [-0.25, -0.2) is 0 Å². The zero-order chi connectivity index (χ0) is 26.9. The Morgan fingerprint density at radius 1 is 0.487 bits per heavy atom. The molecule has 3 heteroatoms. The van der Waals surface area contributed by atoms with Crippen LogP contribution in [0.25, 0.3) is 11.1 Å². The summed E-state index contributed by atoms with van der Waals surface area (Å²) in [6.45, 7) is 7.35. The second-order valence-corrected chi connectivity index (χ2v) is 10.3. The van der Waals surface area contributed by atoms with Crippen LogP contribution in [0.2, 0.25) is 0 Å². The van der Waals surface area contributed by atoms with E-state index < -0.39 is 5.41 Å². The average molecular weight is 521 g/mol. The fraction of sp³-hybridized carbons (Fsp3) is 0.333. The standard InChI is InChI=1S/C36H40O3/c1-3-5-24-37-25-11-27-39-31-22-18-29(19-23-31)36(28-16-20-30(21-17-28)38-26-6-4-2)34-14-9-7-12-32(34)33-13-8-10-15-35(33)36/h7-10,12-23H,3-6,11,24-27H2,1-2H3. The first-order chi connectivity index (χ1) is 19.3. The maximum atomic E-state index is 6.07. The molecule has 0 unspecified atom stereocenters. The Hall–Kier alpha value is -3.56. The quantitative estimate of drug-likeness (QED) is 0.137. The smallest absolute Gasteiger partial charge is 0.119 e. The zero-order valence-corrected chi connectivity index (χ0v) is 23.3. The van der Waals surface area contributed by atoms with E-state index in [-0.39, 0.29) is 0 Å². The Morgan fingerprint density at radius 2 is 0.923 bits per heavy atom. The van der Waals surface area contributed by atoms with Crippen molar-refractivity contribution in [1.29, 1.82) is 0 Å². The van der Waals surface area contributed by atoms with Crippen molar-refractivity contribution in [1.82, 2.24) is 0 Å². The molecule has 4 aromatic carbocycles. The van der Waals surface area contributed by atoms with Gasteiger partial charge in [0.05, 0.1) is 18.6 Å². The lowest BCUT2D eigenvalue weighted by Gasteiger charge is -2.34. The van der Waals surface area contributed by atoms with E-state index >= 15 is 0 Å². The highest BCUT2D eigenvalue weighted by Crippen LogP contribution is 2.56. The van der Waals surface area contributed by atoms with E-state index in [1.54, 1.807) is 0 Å². The topological polar surface area (TPSA) is 27.7 Å². The fourth-order valence-electron chi connectivity index (χ4n) is 5.66. The molecule has 0 aliphatic heterocycles. The Labute approximate surface area is 233 Å². The Kier molecular flexibility index (Phi) is 9.00. The van der Waals surface area contributed by atoms with Crippen LogP contribution in [0.5, 0.6) is 11.5 Å². The lowest BCUT2D eigenvalue weighted by Crippen LogP contribution is -2.28. The van der Waals surface area contributed by atoms with E-state index in [9.17, 15) is 0 Å². The van der Waals surface area contributed by atoms with Crippen LogP contribution in [0, 0.1) is 0 Å². The molecule has 0 spiro atoms. The maximum absolute atomic E-state index is 6.07. The van der Waals surface area contributed by atoms with E-state index in [0.717, 1.165) is 63.4 Å². The summed E-state index contributed by atoms with van der Waals surface area (Å²) in [6.07, 6.45) is 5.36. The molecule has 0 radical (unpaired) electrons. The number of hydrogen-bond acceptors (Lipinski definition) is 3. The van der Waals surface area contributed by atoms with Gasteiger partial charge < -0.3 is 14.2 Å². The van der Waals surface area contributed by atoms with Gasteiger partial charge in [0.25, 0.3) is 0 Å². The van der Waals surface area contributed by atoms with Crippen LogP contribution in [0.15, 0.2) is 97.1 Å². The molecule has 0 bridgehead atoms. The van der Waals surface area contributed by atoms with Crippen LogP contribution in [0.1, 0.15) is 68.2 Å². The van der Waals surface area contributed by atoms with Crippen LogP contribution < -0.4 is 9.47 Å². The van der Waals surface area contributed by atoms with Crippen molar-refractivity contribution in [2.24, 2.45) is 0 Å². The van der Waals surface area contributed by atoms with E-state index in [1.807, 2.05) is 0 Å². The third kappa shape index (κ3) is 5.60. The van der Waals surface area contributed by atoms with Gasteiger partial charge in [0.15, 0.2) is 0 Å². The molecule has 0 amide bonds. The summed E-state index contributed by atoms with van der Waals surface area (Å²) in [4.78, 5) is 0. The van der Waals surface area contributed by atoms with Gasteiger partial charge in [0.2, 0.25) is 0 Å². The summed E-state index contributed by atoms with van der Waals surface area (Å²) in [6, 6.07) is 35.1. The predicted octanol–water partition coefficient (Wildman–Crippen LogP) is 8.81. The molecule has 0 saturated carbocycles. The van der Waals surface area contributed by atoms with Crippen molar-refractivity contribution in [2.75, 3.05) is 26.4 Å². The molecule has 0 saturated heterocycles. The summed E-state index contributed by atoms with van der Waals surface area (Å²) in [7, 11) is 0. The monoisotopic (exact) mass is 520 g/mol. The maximum Gasteiger partial charge on any atom is 0.119 e. The predicted molar refractivity (Wildman–Crippen MR) is 160 cm³/mol. The molecule has 3 nitrogen and oxygen atoms in total. The van der Waals surface area contributed by atoms with Gasteiger partial charge in [-0.2, -0.15) is 0 Å². The van der Waals surface area contributed by atoms with Gasteiger partial charge in [-0.05, 0) is 70.5 Å². The van der Waals surface area contributed by atoms with Gasteiger partial charge in [0, 0.05) is 19.6 Å². The van der Waals surface area contributed by atoms with Crippen molar-refractivity contribution in [3.05, 3.63) is 119 Å². The molecule has 1 aliphatic carbocycles. The molecule has 39 heavy (non-hydrogen) atoms. The highest BCUT2D eigenvalue weighted by atomic mass is 16.5. The van der Waals surface area contributed by atoms with Gasteiger partial charge in [-0.3, -0.25) is 0 Å².